The molecule has 37 heavy (non-hydrogen) atoms. The van der Waals surface area contributed by atoms with Crippen LogP contribution in [0.2, 0.25) is 0 Å². The van der Waals surface area contributed by atoms with Crippen LogP contribution < -0.4 is 10.2 Å². The van der Waals surface area contributed by atoms with Gasteiger partial charge in [0, 0.05) is 60.6 Å². The van der Waals surface area contributed by atoms with Crippen LogP contribution in [-0.4, -0.2) is 49.7 Å². The highest BCUT2D eigenvalue weighted by atomic mass is 19.1. The third-order valence-electron chi connectivity index (χ3n) is 6.62. The van der Waals surface area contributed by atoms with Gasteiger partial charge >= 0.3 is 0 Å². The van der Waals surface area contributed by atoms with Gasteiger partial charge in [0.2, 0.25) is 0 Å². The fourth-order valence-corrected chi connectivity index (χ4v) is 4.70. The van der Waals surface area contributed by atoms with E-state index < -0.39 is 11.6 Å². The van der Waals surface area contributed by atoms with Gasteiger partial charge in [-0.2, -0.15) is 0 Å². The van der Waals surface area contributed by atoms with Gasteiger partial charge < -0.3 is 10.2 Å². The van der Waals surface area contributed by atoms with Gasteiger partial charge in [0.25, 0.3) is 11.8 Å². The third-order valence-corrected chi connectivity index (χ3v) is 6.62. The molecule has 1 N–H and O–H groups in total. The molecule has 0 unspecified atom stereocenters. The minimum Gasteiger partial charge on any atom is -0.384 e. The average Bonchev–Trinajstić information content (AvgIpc) is 2.91. The van der Waals surface area contributed by atoms with E-state index in [2.05, 4.69) is 5.32 Å². The smallest absolute Gasteiger partial charge is 0.261 e. The Labute approximate surface area is 214 Å². The average molecular weight is 496 g/mol. The molecular weight excluding hydrogens is 469 g/mol. The van der Waals surface area contributed by atoms with E-state index in [0.29, 0.717) is 40.7 Å². The molecule has 186 valence electrons. The van der Waals surface area contributed by atoms with E-state index in [4.69, 9.17) is 0 Å². The summed E-state index contributed by atoms with van der Waals surface area (Å²) in [4.78, 5) is 42.5. The SMILES string of the molecule is CN(C)c1ccc(C(=O)c2c(F)cccc2NCCCN2C(=O)c3cccc4cccc(c34)C2=O)cc1. The third kappa shape index (κ3) is 4.44. The standard InChI is InChI=1S/C30H26FN3O3/c1-33(2)21-15-13-20(14-16-21)28(35)27-24(31)11-5-12-25(27)32-17-6-18-34-29(36)22-9-3-7-19-8-4-10-23(26(19)22)30(34)37/h3-5,7-16,32H,6,17-18H2,1-2H3. The summed E-state index contributed by atoms with van der Waals surface area (Å²) in [6.07, 6.45) is 0.428. The number of ketones is 1. The molecule has 1 aliphatic heterocycles. The molecule has 0 spiro atoms. The number of hydrogen-bond acceptors (Lipinski definition) is 5. The van der Waals surface area contributed by atoms with Gasteiger partial charge in [-0.3, -0.25) is 19.3 Å². The second-order valence-electron chi connectivity index (χ2n) is 9.18. The van der Waals surface area contributed by atoms with Gasteiger partial charge in [-0.25, -0.2) is 4.39 Å². The van der Waals surface area contributed by atoms with Crippen molar-refractivity contribution in [3.05, 3.63) is 107 Å². The van der Waals surface area contributed by atoms with Crippen LogP contribution in [-0.2, 0) is 0 Å². The number of anilines is 2. The molecule has 6 nitrogen and oxygen atoms in total. The van der Waals surface area contributed by atoms with E-state index in [-0.39, 0.29) is 23.9 Å². The highest BCUT2D eigenvalue weighted by Crippen LogP contribution is 2.30. The number of imide groups is 1. The Balaban J connectivity index is 1.29. The molecule has 0 saturated heterocycles. The molecule has 0 saturated carbocycles. The van der Waals surface area contributed by atoms with Crippen molar-refractivity contribution in [3.8, 4) is 0 Å². The zero-order chi connectivity index (χ0) is 26.1. The number of nitrogens with one attached hydrogen (secondary N) is 1. The fraction of sp³-hybridized carbons (Fsp3) is 0.167. The first kappa shape index (κ1) is 24.2. The van der Waals surface area contributed by atoms with E-state index in [1.165, 1.54) is 11.0 Å². The van der Waals surface area contributed by atoms with Gasteiger partial charge in [0.15, 0.2) is 5.78 Å². The van der Waals surface area contributed by atoms with Crippen LogP contribution in [0.25, 0.3) is 10.8 Å². The number of hydrogen-bond donors (Lipinski definition) is 1. The Kier molecular flexibility index (Phi) is 6.44. The summed E-state index contributed by atoms with van der Waals surface area (Å²) < 4.78 is 14.8. The summed E-state index contributed by atoms with van der Waals surface area (Å²) in [5, 5.41) is 4.67. The summed E-state index contributed by atoms with van der Waals surface area (Å²) in [6.45, 7) is 0.534. The lowest BCUT2D eigenvalue weighted by Crippen LogP contribution is -2.41. The first-order valence-corrected chi connectivity index (χ1v) is 12.1. The van der Waals surface area contributed by atoms with Gasteiger partial charge in [0.1, 0.15) is 5.82 Å². The molecule has 1 heterocycles. The van der Waals surface area contributed by atoms with E-state index in [9.17, 15) is 18.8 Å². The second kappa shape index (κ2) is 9.85. The van der Waals surface area contributed by atoms with Gasteiger partial charge in [-0.05, 0) is 60.3 Å². The molecule has 0 aliphatic carbocycles. The number of carbonyl (C=O) groups excluding carboxylic acids is 3. The van der Waals surface area contributed by atoms with Gasteiger partial charge in [0.05, 0.1) is 5.56 Å². The molecule has 0 fully saturated rings. The number of carbonyl (C=O) groups is 3. The summed E-state index contributed by atoms with van der Waals surface area (Å²) >= 11 is 0. The Morgan fingerprint density at radius 3 is 2.11 bits per heavy atom. The van der Waals surface area contributed by atoms with Crippen molar-refractivity contribution in [1.82, 2.24) is 4.90 Å². The monoisotopic (exact) mass is 495 g/mol. The summed E-state index contributed by atoms with van der Waals surface area (Å²) in [5.74, 6) is -1.68. The fourth-order valence-electron chi connectivity index (χ4n) is 4.70. The lowest BCUT2D eigenvalue weighted by molar-refractivity contribution is 0.0610. The van der Waals surface area contributed by atoms with E-state index in [1.54, 1.807) is 36.4 Å². The van der Waals surface area contributed by atoms with E-state index >= 15 is 0 Å². The second-order valence-corrected chi connectivity index (χ2v) is 9.18. The molecule has 2 amide bonds. The lowest BCUT2D eigenvalue weighted by Gasteiger charge is -2.27. The van der Waals surface area contributed by atoms with Crippen LogP contribution in [0, 0.1) is 5.82 Å². The quantitative estimate of drug-likeness (QED) is 0.202. The van der Waals surface area contributed by atoms with Gasteiger partial charge in [-0.1, -0.05) is 30.3 Å². The lowest BCUT2D eigenvalue weighted by atomic mass is 9.94. The zero-order valence-electron chi connectivity index (χ0n) is 20.6. The molecule has 0 aromatic heterocycles. The largest absolute Gasteiger partial charge is 0.384 e. The number of halogens is 1. The van der Waals surface area contributed by atoms with Gasteiger partial charge in [-0.15, -0.1) is 0 Å². The Hall–Kier alpha value is -4.52. The van der Waals surface area contributed by atoms with Crippen LogP contribution >= 0.6 is 0 Å². The molecule has 0 bridgehead atoms. The summed E-state index contributed by atoms with van der Waals surface area (Å²) in [5.41, 5.74) is 2.68. The van der Waals surface area contributed by atoms with Crippen molar-refractivity contribution in [2.45, 2.75) is 6.42 Å². The van der Waals surface area contributed by atoms with Crippen molar-refractivity contribution in [2.24, 2.45) is 0 Å². The maximum absolute atomic E-state index is 14.8. The Bertz CT molecular complexity index is 1480. The Morgan fingerprint density at radius 2 is 1.49 bits per heavy atom. The summed E-state index contributed by atoms with van der Waals surface area (Å²) in [7, 11) is 3.81. The van der Waals surface area contributed by atoms with Crippen molar-refractivity contribution < 1.29 is 18.8 Å². The highest BCUT2D eigenvalue weighted by Gasteiger charge is 2.32. The highest BCUT2D eigenvalue weighted by molar-refractivity contribution is 6.25. The van der Waals surface area contributed by atoms with Crippen molar-refractivity contribution in [3.63, 3.8) is 0 Å². The molecule has 7 heteroatoms. The van der Waals surface area contributed by atoms with Crippen molar-refractivity contribution in [2.75, 3.05) is 37.4 Å². The molecule has 0 atom stereocenters. The first-order chi connectivity index (χ1) is 17.9. The number of amides is 2. The van der Waals surface area contributed by atoms with E-state index in [1.807, 2.05) is 55.4 Å². The molecule has 5 rings (SSSR count). The maximum Gasteiger partial charge on any atom is 0.261 e. The minimum atomic E-state index is -0.613. The maximum atomic E-state index is 14.8. The molecule has 1 aliphatic rings. The molecule has 4 aromatic rings. The van der Waals surface area contributed by atoms with Crippen LogP contribution in [0.1, 0.15) is 43.1 Å². The topological polar surface area (TPSA) is 69.7 Å². The van der Waals surface area contributed by atoms with Crippen LogP contribution in [0.5, 0.6) is 0 Å². The summed E-state index contributed by atoms with van der Waals surface area (Å²) in [6, 6.07) is 22.3. The molecule has 4 aromatic carbocycles. The molecular formula is C30H26FN3O3. The van der Waals surface area contributed by atoms with Crippen molar-refractivity contribution in [1.29, 1.82) is 0 Å². The Morgan fingerprint density at radius 1 is 0.865 bits per heavy atom. The normalized spacial score (nSPS) is 12.7. The van der Waals surface area contributed by atoms with Crippen LogP contribution in [0.15, 0.2) is 78.9 Å². The minimum absolute atomic E-state index is 0.0363. The van der Waals surface area contributed by atoms with E-state index in [0.717, 1.165) is 11.1 Å². The predicted octanol–water partition coefficient (Wildman–Crippen LogP) is 5.37. The molecule has 0 radical (unpaired) electrons. The number of nitrogens with zero attached hydrogens (tertiary/aromatic N) is 2. The first-order valence-electron chi connectivity index (χ1n) is 12.1. The van der Waals surface area contributed by atoms with Crippen LogP contribution in [0.3, 0.4) is 0 Å². The predicted molar refractivity (Wildman–Crippen MR) is 143 cm³/mol. The zero-order valence-corrected chi connectivity index (χ0v) is 20.6. The number of benzene rings is 4. The number of rotatable bonds is 8. The van der Waals surface area contributed by atoms with Crippen LogP contribution in [0.4, 0.5) is 15.8 Å². The van der Waals surface area contributed by atoms with Crippen molar-refractivity contribution >= 4 is 39.7 Å².